The van der Waals surface area contributed by atoms with Crippen LogP contribution in [0, 0.1) is 0 Å². The number of hydrogen-bond acceptors (Lipinski definition) is 2. The van der Waals surface area contributed by atoms with Crippen molar-refractivity contribution < 1.29 is 4.74 Å². The highest BCUT2D eigenvalue weighted by atomic mass is 16.5. The predicted octanol–water partition coefficient (Wildman–Crippen LogP) is 5.27. The van der Waals surface area contributed by atoms with Gasteiger partial charge >= 0.3 is 0 Å². The van der Waals surface area contributed by atoms with Crippen molar-refractivity contribution in [2.75, 3.05) is 7.05 Å². The van der Waals surface area contributed by atoms with E-state index in [0.717, 1.165) is 17.9 Å². The van der Waals surface area contributed by atoms with Crippen molar-refractivity contribution in [1.29, 1.82) is 0 Å². The molecule has 0 saturated heterocycles. The van der Waals surface area contributed by atoms with Gasteiger partial charge in [0.15, 0.2) is 0 Å². The molecule has 0 spiro atoms. The van der Waals surface area contributed by atoms with Crippen LogP contribution >= 0.6 is 0 Å². The van der Waals surface area contributed by atoms with Crippen molar-refractivity contribution in [3.63, 3.8) is 0 Å². The molecule has 2 nitrogen and oxygen atoms in total. The van der Waals surface area contributed by atoms with Crippen LogP contribution in [0.15, 0.2) is 48.5 Å². The molecule has 0 aromatic heterocycles. The van der Waals surface area contributed by atoms with Gasteiger partial charge < -0.3 is 10.1 Å². The van der Waals surface area contributed by atoms with Crippen LogP contribution in [-0.2, 0) is 0 Å². The van der Waals surface area contributed by atoms with E-state index in [1.807, 2.05) is 31.3 Å². The van der Waals surface area contributed by atoms with Crippen molar-refractivity contribution >= 4 is 0 Å². The van der Waals surface area contributed by atoms with Gasteiger partial charge in [-0.3, -0.25) is 0 Å². The van der Waals surface area contributed by atoms with Crippen LogP contribution in [0.5, 0.6) is 11.5 Å². The molecule has 21 heavy (non-hydrogen) atoms. The van der Waals surface area contributed by atoms with Crippen LogP contribution in [-0.4, -0.2) is 7.05 Å². The molecule has 2 heteroatoms. The molecule has 1 N–H and O–H groups in total. The van der Waals surface area contributed by atoms with Crippen molar-refractivity contribution in [2.45, 2.75) is 39.2 Å². The van der Waals surface area contributed by atoms with Gasteiger partial charge in [0.25, 0.3) is 0 Å². The maximum Gasteiger partial charge on any atom is 0.132 e. The molecule has 0 aliphatic rings. The Kier molecular flexibility index (Phi) is 5.40. The SMILES string of the molecule is CCC(NC)c1ccccc1Oc1ccccc1C(C)C. The molecule has 0 amide bonds. The van der Waals surface area contributed by atoms with Crippen molar-refractivity contribution in [3.05, 3.63) is 59.7 Å². The number of para-hydroxylation sites is 2. The lowest BCUT2D eigenvalue weighted by atomic mass is 10.0. The first-order valence-corrected chi connectivity index (χ1v) is 7.70. The summed E-state index contributed by atoms with van der Waals surface area (Å²) in [7, 11) is 1.99. The molecule has 2 aromatic rings. The number of hydrogen-bond donors (Lipinski definition) is 1. The third-order valence-electron chi connectivity index (χ3n) is 3.81. The fourth-order valence-corrected chi connectivity index (χ4v) is 2.61. The zero-order chi connectivity index (χ0) is 15.2. The fraction of sp³-hybridized carbons (Fsp3) is 0.368. The third kappa shape index (κ3) is 3.64. The predicted molar refractivity (Wildman–Crippen MR) is 89.1 cm³/mol. The Morgan fingerprint density at radius 3 is 1.95 bits per heavy atom. The summed E-state index contributed by atoms with van der Waals surface area (Å²) < 4.78 is 6.25. The number of nitrogens with one attached hydrogen (secondary N) is 1. The Hall–Kier alpha value is -1.80. The average Bonchev–Trinajstić information content (AvgIpc) is 2.50. The van der Waals surface area contributed by atoms with Crippen LogP contribution in [0.1, 0.15) is 50.3 Å². The Balaban J connectivity index is 2.36. The summed E-state index contributed by atoms with van der Waals surface area (Å²) >= 11 is 0. The largest absolute Gasteiger partial charge is 0.457 e. The standard InChI is InChI=1S/C19H25NO/c1-5-17(20-4)16-11-7-9-13-19(16)21-18-12-8-6-10-15(18)14(2)3/h6-14,17,20H,5H2,1-4H3. The minimum absolute atomic E-state index is 0.312. The average molecular weight is 283 g/mol. The molecular formula is C19H25NO. The second-order valence-electron chi connectivity index (χ2n) is 5.58. The molecule has 2 aromatic carbocycles. The molecule has 1 atom stereocenters. The minimum atomic E-state index is 0.312. The van der Waals surface area contributed by atoms with Gasteiger partial charge in [0.2, 0.25) is 0 Å². The van der Waals surface area contributed by atoms with E-state index >= 15 is 0 Å². The van der Waals surface area contributed by atoms with Crippen molar-refractivity contribution in [2.24, 2.45) is 0 Å². The summed E-state index contributed by atoms with van der Waals surface area (Å²) in [5.74, 6) is 2.33. The van der Waals surface area contributed by atoms with Gasteiger partial charge in [-0.25, -0.2) is 0 Å². The Bertz CT molecular complexity index is 573. The van der Waals surface area contributed by atoms with Gasteiger partial charge in [-0.2, -0.15) is 0 Å². The highest BCUT2D eigenvalue weighted by molar-refractivity contribution is 5.43. The molecule has 0 heterocycles. The molecule has 112 valence electrons. The quantitative estimate of drug-likeness (QED) is 0.779. The first-order valence-electron chi connectivity index (χ1n) is 7.70. The van der Waals surface area contributed by atoms with Crippen molar-refractivity contribution in [3.8, 4) is 11.5 Å². The van der Waals surface area contributed by atoms with Crippen LogP contribution in [0.2, 0.25) is 0 Å². The molecule has 0 fully saturated rings. The Morgan fingerprint density at radius 1 is 0.905 bits per heavy atom. The maximum absolute atomic E-state index is 6.25. The number of rotatable bonds is 6. The molecular weight excluding hydrogens is 258 g/mol. The lowest BCUT2D eigenvalue weighted by Crippen LogP contribution is -2.16. The van der Waals surface area contributed by atoms with Gasteiger partial charge in [0.1, 0.15) is 11.5 Å². The third-order valence-corrected chi connectivity index (χ3v) is 3.81. The number of benzene rings is 2. The van der Waals surface area contributed by atoms with Gasteiger partial charge in [-0.15, -0.1) is 0 Å². The van der Waals surface area contributed by atoms with Crippen LogP contribution in [0.25, 0.3) is 0 Å². The van der Waals surface area contributed by atoms with E-state index in [-0.39, 0.29) is 0 Å². The van der Waals surface area contributed by atoms with Crippen molar-refractivity contribution in [1.82, 2.24) is 5.32 Å². The van der Waals surface area contributed by atoms with Gasteiger partial charge in [-0.1, -0.05) is 57.2 Å². The second-order valence-corrected chi connectivity index (χ2v) is 5.58. The molecule has 0 aliphatic carbocycles. The van der Waals surface area contributed by atoms with E-state index in [9.17, 15) is 0 Å². The smallest absolute Gasteiger partial charge is 0.132 e. The van der Waals surface area contributed by atoms with Gasteiger partial charge in [0.05, 0.1) is 0 Å². The van der Waals surface area contributed by atoms with Crippen LogP contribution in [0.3, 0.4) is 0 Å². The highest BCUT2D eigenvalue weighted by Crippen LogP contribution is 2.34. The van der Waals surface area contributed by atoms with E-state index in [1.54, 1.807) is 0 Å². The normalized spacial score (nSPS) is 12.4. The molecule has 0 saturated carbocycles. The van der Waals surface area contributed by atoms with E-state index in [1.165, 1.54) is 11.1 Å². The second kappa shape index (κ2) is 7.28. The summed E-state index contributed by atoms with van der Waals surface area (Å²) in [5.41, 5.74) is 2.45. The Morgan fingerprint density at radius 2 is 1.43 bits per heavy atom. The molecule has 0 aliphatic heterocycles. The van der Waals surface area contributed by atoms with Gasteiger partial charge in [0, 0.05) is 11.6 Å². The highest BCUT2D eigenvalue weighted by Gasteiger charge is 2.14. The summed E-state index contributed by atoms with van der Waals surface area (Å²) in [6.07, 6.45) is 1.03. The zero-order valence-electron chi connectivity index (χ0n) is 13.4. The van der Waals surface area contributed by atoms with E-state index < -0.39 is 0 Å². The molecule has 0 radical (unpaired) electrons. The van der Waals surface area contributed by atoms with E-state index in [0.29, 0.717) is 12.0 Å². The summed E-state index contributed by atoms with van der Waals surface area (Å²) in [4.78, 5) is 0. The molecule has 1 unspecified atom stereocenters. The lowest BCUT2D eigenvalue weighted by Gasteiger charge is -2.20. The topological polar surface area (TPSA) is 21.3 Å². The summed E-state index contributed by atoms with van der Waals surface area (Å²) in [6, 6.07) is 16.9. The number of ether oxygens (including phenoxy) is 1. The zero-order valence-corrected chi connectivity index (χ0v) is 13.4. The van der Waals surface area contributed by atoms with Crippen LogP contribution in [0.4, 0.5) is 0 Å². The molecule has 2 rings (SSSR count). The lowest BCUT2D eigenvalue weighted by molar-refractivity contribution is 0.451. The minimum Gasteiger partial charge on any atom is -0.457 e. The summed E-state index contributed by atoms with van der Waals surface area (Å²) in [6.45, 7) is 6.56. The van der Waals surface area contributed by atoms with Gasteiger partial charge in [-0.05, 0) is 37.1 Å². The first kappa shape index (κ1) is 15.6. The summed E-state index contributed by atoms with van der Waals surface area (Å²) in [5, 5.41) is 3.35. The Labute approximate surface area is 128 Å². The maximum atomic E-state index is 6.25. The first-order chi connectivity index (χ1) is 10.2. The molecule has 0 bridgehead atoms. The van der Waals surface area contributed by atoms with Crippen LogP contribution < -0.4 is 10.1 Å². The van der Waals surface area contributed by atoms with E-state index in [4.69, 9.17) is 4.74 Å². The fourth-order valence-electron chi connectivity index (χ4n) is 2.61. The van der Waals surface area contributed by atoms with E-state index in [2.05, 4.69) is 50.4 Å². The monoisotopic (exact) mass is 283 g/mol.